The van der Waals surface area contributed by atoms with E-state index in [1.165, 1.54) is 0 Å². The summed E-state index contributed by atoms with van der Waals surface area (Å²) in [6.07, 6.45) is 2.23. The molecule has 0 spiro atoms. The van der Waals surface area contributed by atoms with Gasteiger partial charge in [-0.1, -0.05) is 65.0 Å². The van der Waals surface area contributed by atoms with Gasteiger partial charge in [0.25, 0.3) is 0 Å². The Hall–Kier alpha value is -1.84. The van der Waals surface area contributed by atoms with Crippen molar-refractivity contribution in [3.63, 3.8) is 0 Å². The molecule has 0 atom stereocenters. The second kappa shape index (κ2) is 5.36. The van der Waals surface area contributed by atoms with Gasteiger partial charge in [-0.2, -0.15) is 0 Å². The smallest absolute Gasteiger partial charge is 0.119 e. The number of hydrogen-bond donors (Lipinski definition) is 0. The molecule has 1 fully saturated rings. The molecule has 4 heteroatoms. The summed E-state index contributed by atoms with van der Waals surface area (Å²) in [4.78, 5) is 0. The van der Waals surface area contributed by atoms with Crippen LogP contribution in [0.2, 0.25) is 0 Å². The van der Waals surface area contributed by atoms with Gasteiger partial charge in [-0.25, -0.2) is 4.68 Å². The summed E-state index contributed by atoms with van der Waals surface area (Å²) in [5, 5.41) is 8.73. The number of ether oxygens (including phenoxy) is 1. The molecule has 3 rings (SSSR count). The first-order chi connectivity index (χ1) is 10.7. The summed E-state index contributed by atoms with van der Waals surface area (Å²) >= 11 is 0. The average Bonchev–Trinajstić information content (AvgIpc) is 2.94. The van der Waals surface area contributed by atoms with Crippen molar-refractivity contribution in [2.75, 3.05) is 0 Å². The molecule has 1 heterocycles. The van der Waals surface area contributed by atoms with Crippen LogP contribution < -0.4 is 4.74 Å². The summed E-state index contributed by atoms with van der Waals surface area (Å²) < 4.78 is 8.37. The highest BCUT2D eigenvalue weighted by Crippen LogP contribution is 2.62. The van der Waals surface area contributed by atoms with Gasteiger partial charge in [-0.05, 0) is 18.1 Å². The highest BCUT2D eigenvalue weighted by atomic mass is 16.5. The number of aromatic nitrogens is 3. The molecule has 23 heavy (non-hydrogen) atoms. The van der Waals surface area contributed by atoms with E-state index >= 15 is 0 Å². The van der Waals surface area contributed by atoms with Crippen molar-refractivity contribution in [1.29, 1.82) is 0 Å². The molecule has 1 aliphatic rings. The van der Waals surface area contributed by atoms with E-state index in [-0.39, 0.29) is 23.0 Å². The summed E-state index contributed by atoms with van der Waals surface area (Å²) in [7, 11) is 0. The van der Waals surface area contributed by atoms with Crippen LogP contribution in [0, 0.1) is 10.8 Å². The molecule has 4 nitrogen and oxygen atoms in total. The summed E-state index contributed by atoms with van der Waals surface area (Å²) in [6, 6.07) is 10.3. The number of rotatable bonds is 4. The molecule has 0 N–H and O–H groups in total. The fraction of sp³-hybridized carbons (Fsp3) is 0.579. The number of para-hydroxylation sites is 1. The Morgan fingerprint density at radius 2 is 1.65 bits per heavy atom. The average molecular weight is 313 g/mol. The summed E-state index contributed by atoms with van der Waals surface area (Å²) in [5.41, 5.74) is 1.02. The minimum Gasteiger partial charge on any atom is -0.489 e. The SMILES string of the molecule is CC(C)c1cn(C2C(C)(C)C(Oc3ccccc3)C2(C)C)nn1. The third kappa shape index (κ3) is 2.54. The molecule has 1 aromatic heterocycles. The van der Waals surface area contributed by atoms with E-state index in [1.54, 1.807) is 0 Å². The first-order valence-corrected chi connectivity index (χ1v) is 8.38. The number of nitrogens with zero attached hydrogens (tertiary/aromatic N) is 3. The third-order valence-electron chi connectivity index (χ3n) is 5.14. The lowest BCUT2D eigenvalue weighted by molar-refractivity contribution is -0.191. The Balaban J connectivity index is 1.86. The fourth-order valence-electron chi connectivity index (χ4n) is 4.41. The molecule has 1 aliphatic carbocycles. The molecular weight excluding hydrogens is 286 g/mol. The lowest BCUT2D eigenvalue weighted by atomic mass is 9.49. The predicted molar refractivity (Wildman–Crippen MR) is 91.6 cm³/mol. The molecule has 1 saturated carbocycles. The van der Waals surface area contributed by atoms with E-state index in [9.17, 15) is 0 Å². The van der Waals surface area contributed by atoms with Gasteiger partial charge in [0.2, 0.25) is 0 Å². The van der Waals surface area contributed by atoms with Crippen molar-refractivity contribution in [2.24, 2.45) is 10.8 Å². The topological polar surface area (TPSA) is 39.9 Å². The van der Waals surface area contributed by atoms with Gasteiger partial charge in [-0.3, -0.25) is 0 Å². The van der Waals surface area contributed by atoms with Crippen LogP contribution in [0.4, 0.5) is 0 Å². The van der Waals surface area contributed by atoms with E-state index in [2.05, 4.69) is 58.1 Å². The monoisotopic (exact) mass is 313 g/mol. The summed E-state index contributed by atoms with van der Waals surface area (Å²) in [5.74, 6) is 1.32. The first kappa shape index (κ1) is 16.0. The maximum Gasteiger partial charge on any atom is 0.119 e. The maximum absolute atomic E-state index is 6.33. The second-order valence-electron chi connectivity index (χ2n) is 8.13. The van der Waals surface area contributed by atoms with Crippen molar-refractivity contribution >= 4 is 0 Å². The minimum atomic E-state index is -0.0126. The maximum atomic E-state index is 6.33. The normalized spacial score (nSPS) is 25.2. The van der Waals surface area contributed by atoms with Crippen LogP contribution in [0.1, 0.15) is 59.2 Å². The highest BCUT2D eigenvalue weighted by molar-refractivity contribution is 5.24. The molecule has 0 unspecified atom stereocenters. The molecule has 0 aliphatic heterocycles. The van der Waals surface area contributed by atoms with Crippen molar-refractivity contribution in [3.8, 4) is 5.75 Å². The Morgan fingerprint density at radius 1 is 1.04 bits per heavy atom. The van der Waals surface area contributed by atoms with Crippen LogP contribution in [0.25, 0.3) is 0 Å². The molecular formula is C19H27N3O. The van der Waals surface area contributed by atoms with Gasteiger partial charge in [0, 0.05) is 17.0 Å². The fourth-order valence-corrected chi connectivity index (χ4v) is 4.41. The predicted octanol–water partition coefficient (Wildman–Crippen LogP) is 4.46. The zero-order chi connectivity index (χ0) is 16.8. The van der Waals surface area contributed by atoms with Crippen LogP contribution in [0.5, 0.6) is 5.75 Å². The van der Waals surface area contributed by atoms with Crippen molar-refractivity contribution in [3.05, 3.63) is 42.2 Å². The van der Waals surface area contributed by atoms with Crippen LogP contribution in [0.3, 0.4) is 0 Å². The number of benzene rings is 1. The standard InChI is InChI=1S/C19H27N3O/c1-13(2)15-12-22(21-20-15)16-18(3,4)17(19(16,5)6)23-14-10-8-7-9-11-14/h7-13,16-17H,1-6H3. The van der Waals surface area contributed by atoms with Crippen molar-refractivity contribution in [1.82, 2.24) is 15.0 Å². The second-order valence-corrected chi connectivity index (χ2v) is 8.13. The quantitative estimate of drug-likeness (QED) is 0.837. The minimum absolute atomic E-state index is 0.0126. The first-order valence-electron chi connectivity index (χ1n) is 8.38. The Morgan fingerprint density at radius 3 is 2.17 bits per heavy atom. The highest BCUT2D eigenvalue weighted by Gasteiger charge is 2.65. The Kier molecular flexibility index (Phi) is 3.74. The largest absolute Gasteiger partial charge is 0.489 e. The van der Waals surface area contributed by atoms with Gasteiger partial charge < -0.3 is 4.74 Å². The van der Waals surface area contributed by atoms with Gasteiger partial charge in [0.05, 0.1) is 11.7 Å². The lowest BCUT2D eigenvalue weighted by Gasteiger charge is -2.62. The third-order valence-corrected chi connectivity index (χ3v) is 5.14. The molecule has 0 bridgehead atoms. The van der Waals surface area contributed by atoms with Gasteiger partial charge in [0.1, 0.15) is 11.9 Å². The van der Waals surface area contributed by atoms with Gasteiger partial charge >= 0.3 is 0 Å². The molecule has 0 saturated heterocycles. The van der Waals surface area contributed by atoms with Crippen LogP contribution in [-0.4, -0.2) is 21.1 Å². The molecule has 0 amide bonds. The Bertz CT molecular complexity index is 657. The van der Waals surface area contributed by atoms with E-state index < -0.39 is 0 Å². The molecule has 124 valence electrons. The molecule has 0 radical (unpaired) electrons. The van der Waals surface area contributed by atoms with Gasteiger partial charge in [-0.15, -0.1) is 5.10 Å². The zero-order valence-corrected chi connectivity index (χ0v) is 14.9. The van der Waals surface area contributed by atoms with Gasteiger partial charge in [0.15, 0.2) is 0 Å². The van der Waals surface area contributed by atoms with Crippen LogP contribution >= 0.6 is 0 Å². The van der Waals surface area contributed by atoms with E-state index in [1.807, 2.05) is 35.0 Å². The van der Waals surface area contributed by atoms with E-state index in [0.29, 0.717) is 5.92 Å². The summed E-state index contributed by atoms with van der Waals surface area (Å²) in [6.45, 7) is 13.3. The zero-order valence-electron chi connectivity index (χ0n) is 14.9. The van der Waals surface area contributed by atoms with Crippen LogP contribution in [-0.2, 0) is 0 Å². The lowest BCUT2D eigenvalue weighted by Crippen LogP contribution is -2.66. The molecule has 1 aromatic carbocycles. The molecule has 2 aromatic rings. The Labute approximate surface area is 138 Å². The van der Waals surface area contributed by atoms with Crippen molar-refractivity contribution in [2.45, 2.75) is 59.6 Å². The van der Waals surface area contributed by atoms with Crippen LogP contribution in [0.15, 0.2) is 36.5 Å². The van der Waals surface area contributed by atoms with Crippen molar-refractivity contribution < 1.29 is 4.74 Å². The van der Waals surface area contributed by atoms with E-state index in [0.717, 1.165) is 11.4 Å². The number of hydrogen-bond acceptors (Lipinski definition) is 3. The van der Waals surface area contributed by atoms with E-state index in [4.69, 9.17) is 4.74 Å².